The number of aromatic amines is 1. The van der Waals surface area contributed by atoms with Crippen molar-refractivity contribution in [2.75, 3.05) is 6.54 Å². The molecule has 2 heterocycles. The van der Waals surface area contributed by atoms with E-state index in [1.54, 1.807) is 29.2 Å². The highest BCUT2D eigenvalue weighted by molar-refractivity contribution is 5.96. The highest BCUT2D eigenvalue weighted by Crippen LogP contribution is 2.23. The van der Waals surface area contributed by atoms with Crippen molar-refractivity contribution in [3.05, 3.63) is 46.4 Å². The second-order valence-corrected chi connectivity index (χ2v) is 6.08. The lowest BCUT2D eigenvalue weighted by Crippen LogP contribution is -2.49. The van der Waals surface area contributed by atoms with Crippen molar-refractivity contribution in [3.63, 3.8) is 0 Å². The Morgan fingerprint density at radius 3 is 2.74 bits per heavy atom. The summed E-state index contributed by atoms with van der Waals surface area (Å²) >= 11 is 0. The predicted molar refractivity (Wildman–Crippen MR) is 87.0 cm³/mol. The van der Waals surface area contributed by atoms with E-state index < -0.39 is 0 Å². The molecular weight excluding hydrogens is 294 g/mol. The van der Waals surface area contributed by atoms with Gasteiger partial charge in [-0.1, -0.05) is 18.2 Å². The minimum Gasteiger partial charge on any atom is -0.369 e. The van der Waals surface area contributed by atoms with Crippen LogP contribution >= 0.6 is 0 Å². The fraction of sp³-hybridized carbons (Fsp3) is 0.353. The summed E-state index contributed by atoms with van der Waals surface area (Å²) in [5.74, 6) is -0.990. The van der Waals surface area contributed by atoms with Gasteiger partial charge in [0.25, 0.3) is 11.5 Å². The van der Waals surface area contributed by atoms with Crippen LogP contribution in [0.3, 0.4) is 0 Å². The molecule has 1 saturated heterocycles. The number of likely N-dealkylation sites (tertiary alicyclic amines) is 1. The zero-order valence-corrected chi connectivity index (χ0v) is 12.9. The van der Waals surface area contributed by atoms with Crippen molar-refractivity contribution in [2.24, 2.45) is 11.7 Å². The molecule has 1 aliphatic heterocycles. The average Bonchev–Trinajstić information content (AvgIpc) is 2.54. The quantitative estimate of drug-likeness (QED) is 0.873. The fourth-order valence-corrected chi connectivity index (χ4v) is 3.10. The lowest BCUT2D eigenvalue weighted by Gasteiger charge is -2.36. The Hall–Kier alpha value is -2.63. The van der Waals surface area contributed by atoms with Gasteiger partial charge in [-0.2, -0.15) is 0 Å². The number of primary amides is 1. The summed E-state index contributed by atoms with van der Waals surface area (Å²) in [4.78, 5) is 40.6. The highest BCUT2D eigenvalue weighted by atomic mass is 16.2. The van der Waals surface area contributed by atoms with Crippen molar-refractivity contribution in [3.8, 4) is 0 Å². The van der Waals surface area contributed by atoms with E-state index in [1.165, 1.54) is 0 Å². The number of nitrogens with zero attached hydrogens (tertiary/aromatic N) is 1. The molecule has 3 N–H and O–H groups in total. The monoisotopic (exact) mass is 313 g/mol. The van der Waals surface area contributed by atoms with E-state index in [2.05, 4.69) is 4.98 Å². The third-order valence-corrected chi connectivity index (χ3v) is 4.53. The maximum atomic E-state index is 12.8. The molecule has 120 valence electrons. The number of hydrogen-bond acceptors (Lipinski definition) is 3. The van der Waals surface area contributed by atoms with Crippen LogP contribution in [0.15, 0.2) is 35.1 Å². The number of pyridine rings is 1. The van der Waals surface area contributed by atoms with Gasteiger partial charge < -0.3 is 15.6 Å². The van der Waals surface area contributed by atoms with Gasteiger partial charge in [0.05, 0.1) is 5.92 Å². The first-order valence-corrected chi connectivity index (χ1v) is 7.69. The van der Waals surface area contributed by atoms with Crippen LogP contribution in [0.5, 0.6) is 0 Å². The topological polar surface area (TPSA) is 96.3 Å². The number of piperidine rings is 1. The fourth-order valence-electron chi connectivity index (χ4n) is 3.10. The van der Waals surface area contributed by atoms with Crippen LogP contribution in [0.2, 0.25) is 0 Å². The van der Waals surface area contributed by atoms with Gasteiger partial charge in [-0.05, 0) is 37.3 Å². The zero-order chi connectivity index (χ0) is 16.6. The number of carbonyl (C=O) groups excluding carboxylic acids is 2. The Labute approximate surface area is 133 Å². The van der Waals surface area contributed by atoms with Crippen molar-refractivity contribution in [1.82, 2.24) is 9.88 Å². The molecule has 1 fully saturated rings. The largest absolute Gasteiger partial charge is 0.369 e. The molecule has 0 radical (unpaired) electrons. The molecule has 2 aromatic rings. The SMILES string of the molecule is C[C@H]1CC[C@@H](C(N)=O)CN1C(=O)c1cc2ccccc2c(=O)[nH]1. The number of aromatic nitrogens is 1. The molecule has 1 aromatic carbocycles. The van der Waals surface area contributed by atoms with Crippen LogP contribution in [0.1, 0.15) is 30.3 Å². The zero-order valence-electron chi connectivity index (χ0n) is 12.9. The number of nitrogens with two attached hydrogens (primary N) is 1. The Bertz CT molecular complexity index is 827. The Kier molecular flexibility index (Phi) is 3.90. The van der Waals surface area contributed by atoms with Gasteiger partial charge in [0.2, 0.25) is 5.91 Å². The summed E-state index contributed by atoms with van der Waals surface area (Å²) in [5.41, 5.74) is 5.33. The standard InChI is InChI=1S/C17H19N3O3/c1-10-6-7-12(15(18)21)9-20(10)17(23)14-8-11-4-2-3-5-13(11)16(22)19-14/h2-5,8,10,12H,6-7,9H2,1H3,(H2,18,21)(H,19,22)/t10-,12+/m0/s1. The van der Waals surface area contributed by atoms with Crippen molar-refractivity contribution < 1.29 is 9.59 Å². The second-order valence-electron chi connectivity index (χ2n) is 6.08. The lowest BCUT2D eigenvalue weighted by atomic mass is 9.92. The summed E-state index contributed by atoms with van der Waals surface area (Å²) in [6.07, 6.45) is 1.41. The van der Waals surface area contributed by atoms with Crippen LogP contribution in [-0.4, -0.2) is 34.3 Å². The summed E-state index contributed by atoms with van der Waals surface area (Å²) in [7, 11) is 0. The number of fused-ring (bicyclic) bond motifs is 1. The van der Waals surface area contributed by atoms with Crippen molar-refractivity contribution >= 4 is 22.6 Å². The first-order valence-electron chi connectivity index (χ1n) is 7.69. The number of benzene rings is 1. The van der Waals surface area contributed by atoms with E-state index in [0.29, 0.717) is 18.4 Å². The first-order chi connectivity index (χ1) is 11.0. The van der Waals surface area contributed by atoms with Gasteiger partial charge in [-0.25, -0.2) is 0 Å². The number of hydrogen-bond donors (Lipinski definition) is 2. The number of carbonyl (C=O) groups is 2. The van der Waals surface area contributed by atoms with Gasteiger partial charge in [-0.3, -0.25) is 14.4 Å². The van der Waals surface area contributed by atoms with Crippen LogP contribution < -0.4 is 11.3 Å². The van der Waals surface area contributed by atoms with Crippen LogP contribution in [0.4, 0.5) is 0 Å². The molecule has 0 bridgehead atoms. The highest BCUT2D eigenvalue weighted by Gasteiger charge is 2.32. The van der Waals surface area contributed by atoms with E-state index in [9.17, 15) is 14.4 Å². The molecule has 1 aliphatic rings. The number of H-pyrrole nitrogens is 1. The summed E-state index contributed by atoms with van der Waals surface area (Å²) in [5, 5.41) is 1.27. The predicted octanol–water partition coefficient (Wildman–Crippen LogP) is 1.25. The smallest absolute Gasteiger partial charge is 0.270 e. The molecule has 0 saturated carbocycles. The molecule has 3 rings (SSSR count). The molecule has 2 amide bonds. The maximum absolute atomic E-state index is 12.8. The van der Waals surface area contributed by atoms with E-state index in [4.69, 9.17) is 5.73 Å². The van der Waals surface area contributed by atoms with Crippen LogP contribution in [-0.2, 0) is 4.79 Å². The van der Waals surface area contributed by atoms with Crippen LogP contribution in [0, 0.1) is 5.92 Å². The molecule has 6 heteroatoms. The molecule has 1 aromatic heterocycles. The molecule has 0 aliphatic carbocycles. The third-order valence-electron chi connectivity index (χ3n) is 4.53. The van der Waals surface area contributed by atoms with Crippen molar-refractivity contribution in [2.45, 2.75) is 25.8 Å². The second kappa shape index (κ2) is 5.87. The van der Waals surface area contributed by atoms with Crippen LogP contribution in [0.25, 0.3) is 10.8 Å². The van der Waals surface area contributed by atoms with E-state index >= 15 is 0 Å². The summed E-state index contributed by atoms with van der Waals surface area (Å²) in [6.45, 7) is 2.23. The number of nitrogens with one attached hydrogen (secondary N) is 1. The molecule has 23 heavy (non-hydrogen) atoms. The Balaban J connectivity index is 1.96. The van der Waals surface area contributed by atoms with Gasteiger partial charge >= 0.3 is 0 Å². The lowest BCUT2D eigenvalue weighted by molar-refractivity contribution is -0.123. The normalized spacial score (nSPS) is 21.3. The Morgan fingerprint density at radius 2 is 2.00 bits per heavy atom. The Morgan fingerprint density at radius 1 is 1.26 bits per heavy atom. The molecular formula is C17H19N3O3. The number of rotatable bonds is 2. The minimum atomic E-state index is -0.387. The van der Waals surface area contributed by atoms with Gasteiger partial charge in [0.1, 0.15) is 5.69 Å². The first kappa shape index (κ1) is 15.3. The van der Waals surface area contributed by atoms with Crippen molar-refractivity contribution in [1.29, 1.82) is 0 Å². The summed E-state index contributed by atoms with van der Waals surface area (Å²) in [6, 6.07) is 8.81. The van der Waals surface area contributed by atoms with E-state index in [-0.39, 0.29) is 35.0 Å². The van der Waals surface area contributed by atoms with E-state index in [1.807, 2.05) is 13.0 Å². The van der Waals surface area contributed by atoms with E-state index in [0.717, 1.165) is 11.8 Å². The van der Waals surface area contributed by atoms with Gasteiger partial charge in [0.15, 0.2) is 0 Å². The third kappa shape index (κ3) is 2.84. The maximum Gasteiger partial charge on any atom is 0.270 e. The summed E-state index contributed by atoms with van der Waals surface area (Å²) < 4.78 is 0. The molecule has 2 atom stereocenters. The molecule has 6 nitrogen and oxygen atoms in total. The molecule has 0 spiro atoms. The molecule has 0 unspecified atom stereocenters. The number of amides is 2. The van der Waals surface area contributed by atoms with Gasteiger partial charge in [-0.15, -0.1) is 0 Å². The van der Waals surface area contributed by atoms with Gasteiger partial charge in [0, 0.05) is 18.0 Å². The average molecular weight is 313 g/mol. The minimum absolute atomic E-state index is 0.00747.